The Bertz CT molecular complexity index is 243. The van der Waals surface area contributed by atoms with Gasteiger partial charge in [-0.25, -0.2) is 0 Å². The van der Waals surface area contributed by atoms with Crippen LogP contribution in [0.1, 0.15) is 0 Å². The fourth-order valence-electron chi connectivity index (χ4n) is 0.226. The van der Waals surface area contributed by atoms with Gasteiger partial charge in [-0.05, 0) is 0 Å². The minimum absolute atomic E-state index is 0.420. The van der Waals surface area contributed by atoms with E-state index in [1.54, 1.807) is 0 Å². The highest BCUT2D eigenvalue weighted by atomic mass is 15.2. The van der Waals surface area contributed by atoms with Gasteiger partial charge in [-0.2, -0.15) is 15.8 Å². The largest absolute Gasteiger partial charge is 0.367 e. The van der Waals surface area contributed by atoms with Gasteiger partial charge in [0.15, 0.2) is 0 Å². The first-order valence-corrected chi connectivity index (χ1v) is 2.08. The lowest BCUT2D eigenvalue weighted by Crippen LogP contribution is -2.28. The van der Waals surface area contributed by atoms with Gasteiger partial charge < -0.3 is 5.73 Å². The second-order valence-electron chi connectivity index (χ2n) is 1.11. The minimum Gasteiger partial charge on any atom is -0.367 e. The van der Waals surface area contributed by atoms with E-state index >= 15 is 0 Å². The molecule has 6 heteroatoms. The molecule has 0 aliphatic rings. The maximum Gasteiger partial charge on any atom is 0.234 e. The Kier molecular flexibility index (Phi) is 2.87. The Balaban J connectivity index is 4.42. The SMILES string of the molecule is N#CN=C(N)N(C#N)C#N. The zero-order valence-electron chi connectivity index (χ0n) is 4.81. The van der Waals surface area contributed by atoms with Gasteiger partial charge in [0.25, 0.3) is 0 Å². The molecule has 0 aliphatic carbocycles. The Labute approximate surface area is 57.0 Å². The highest BCUT2D eigenvalue weighted by Crippen LogP contribution is 1.79. The van der Waals surface area contributed by atoms with E-state index in [0.29, 0.717) is 4.90 Å². The first kappa shape index (κ1) is 7.74. The maximum atomic E-state index is 8.11. The van der Waals surface area contributed by atoms with Gasteiger partial charge in [0.1, 0.15) is 0 Å². The molecule has 0 heterocycles. The zero-order chi connectivity index (χ0) is 7.98. The molecule has 0 saturated heterocycles. The first-order chi connectivity index (χ1) is 4.76. The van der Waals surface area contributed by atoms with Crippen molar-refractivity contribution in [3.8, 4) is 18.6 Å². The average Bonchev–Trinajstić information content (AvgIpc) is 1.91. The Morgan fingerprint density at radius 1 is 1.30 bits per heavy atom. The zero-order valence-corrected chi connectivity index (χ0v) is 4.81. The summed E-state index contributed by atoms with van der Waals surface area (Å²) >= 11 is 0. The number of nitrogens with zero attached hydrogens (tertiary/aromatic N) is 5. The van der Waals surface area contributed by atoms with Crippen LogP contribution in [0.25, 0.3) is 0 Å². The Morgan fingerprint density at radius 2 is 1.80 bits per heavy atom. The van der Waals surface area contributed by atoms with Crippen LogP contribution in [0.5, 0.6) is 0 Å². The van der Waals surface area contributed by atoms with Gasteiger partial charge in [-0.15, -0.1) is 9.89 Å². The molecule has 0 radical (unpaired) electrons. The second-order valence-corrected chi connectivity index (χ2v) is 1.11. The van der Waals surface area contributed by atoms with E-state index in [0.717, 1.165) is 0 Å². The van der Waals surface area contributed by atoms with Crippen LogP contribution in [0, 0.1) is 34.4 Å². The molecule has 48 valence electrons. The van der Waals surface area contributed by atoms with E-state index < -0.39 is 5.96 Å². The highest BCUT2D eigenvalue weighted by Gasteiger charge is 2.02. The number of nitrogens with two attached hydrogens (primary N) is 1. The van der Waals surface area contributed by atoms with Crippen molar-refractivity contribution in [3.63, 3.8) is 0 Å². The van der Waals surface area contributed by atoms with Gasteiger partial charge in [-0.3, -0.25) is 0 Å². The number of hydrogen-bond acceptors (Lipinski definition) is 4. The quantitative estimate of drug-likeness (QED) is 0.198. The predicted octanol–water partition coefficient (Wildman–Crippen LogP) is -0.954. The molecule has 0 unspecified atom stereocenters. The third-order valence-electron chi connectivity index (χ3n) is 0.594. The van der Waals surface area contributed by atoms with Crippen molar-refractivity contribution >= 4 is 5.96 Å². The summed E-state index contributed by atoms with van der Waals surface area (Å²) < 4.78 is 0. The summed E-state index contributed by atoms with van der Waals surface area (Å²) in [5.41, 5.74) is 4.96. The molecule has 2 N–H and O–H groups in total. The van der Waals surface area contributed by atoms with E-state index in [4.69, 9.17) is 21.5 Å². The lowest BCUT2D eigenvalue weighted by Gasteiger charge is -1.97. The van der Waals surface area contributed by atoms with Crippen molar-refractivity contribution < 1.29 is 0 Å². The summed E-state index contributed by atoms with van der Waals surface area (Å²) in [7, 11) is 0. The number of nitriles is 3. The van der Waals surface area contributed by atoms with E-state index in [1.165, 1.54) is 18.6 Å². The average molecular weight is 134 g/mol. The fraction of sp³-hybridized carbons (Fsp3) is 0. The summed E-state index contributed by atoms with van der Waals surface area (Å²) in [5.74, 6) is -0.424. The predicted molar refractivity (Wildman–Crippen MR) is 30.3 cm³/mol. The molecule has 0 spiro atoms. The molecule has 10 heavy (non-hydrogen) atoms. The van der Waals surface area contributed by atoms with Crippen LogP contribution in [0.15, 0.2) is 4.99 Å². The normalized spacial score (nSPS) is 8.70. The smallest absolute Gasteiger partial charge is 0.234 e. The Hall–Kier alpha value is -2.26. The lowest BCUT2D eigenvalue weighted by molar-refractivity contribution is 0.792. The molecule has 0 rings (SSSR count). The minimum atomic E-state index is -0.424. The number of aliphatic imine (C=N–C) groups is 1. The summed E-state index contributed by atoms with van der Waals surface area (Å²) in [5, 5.41) is 24.1. The molecule has 0 aromatic rings. The number of hydrogen-bond donors (Lipinski definition) is 1. The van der Waals surface area contributed by atoms with Crippen LogP contribution in [0.3, 0.4) is 0 Å². The van der Waals surface area contributed by atoms with E-state index in [2.05, 4.69) is 4.99 Å². The van der Waals surface area contributed by atoms with Crippen molar-refractivity contribution in [1.29, 1.82) is 15.8 Å². The molecule has 0 aromatic carbocycles. The van der Waals surface area contributed by atoms with Gasteiger partial charge in [-0.1, -0.05) is 0 Å². The van der Waals surface area contributed by atoms with E-state index in [9.17, 15) is 0 Å². The molecule has 0 saturated carbocycles. The Morgan fingerprint density at radius 3 is 2.10 bits per heavy atom. The highest BCUT2D eigenvalue weighted by molar-refractivity contribution is 5.81. The van der Waals surface area contributed by atoms with E-state index in [-0.39, 0.29) is 0 Å². The van der Waals surface area contributed by atoms with Crippen LogP contribution < -0.4 is 5.73 Å². The lowest BCUT2D eigenvalue weighted by atomic mass is 10.8. The molecule has 0 aliphatic heterocycles. The molecule has 6 nitrogen and oxygen atoms in total. The van der Waals surface area contributed by atoms with Crippen LogP contribution in [0.4, 0.5) is 0 Å². The molecule has 0 atom stereocenters. The van der Waals surface area contributed by atoms with Gasteiger partial charge in [0, 0.05) is 0 Å². The third-order valence-corrected chi connectivity index (χ3v) is 0.594. The summed E-state index contributed by atoms with van der Waals surface area (Å²) in [4.78, 5) is 3.37. The van der Waals surface area contributed by atoms with Crippen molar-refractivity contribution in [1.82, 2.24) is 4.90 Å². The van der Waals surface area contributed by atoms with Crippen LogP contribution >= 0.6 is 0 Å². The van der Waals surface area contributed by atoms with Gasteiger partial charge in [0.05, 0.1) is 0 Å². The third kappa shape index (κ3) is 1.69. The number of rotatable bonds is 0. The molecular weight excluding hydrogens is 132 g/mol. The van der Waals surface area contributed by atoms with Crippen molar-refractivity contribution in [3.05, 3.63) is 0 Å². The van der Waals surface area contributed by atoms with Crippen LogP contribution in [0.2, 0.25) is 0 Å². The number of guanidine groups is 1. The van der Waals surface area contributed by atoms with Crippen molar-refractivity contribution in [2.45, 2.75) is 0 Å². The monoisotopic (exact) mass is 134 g/mol. The molecule has 0 amide bonds. The van der Waals surface area contributed by atoms with E-state index in [1.807, 2.05) is 0 Å². The topological polar surface area (TPSA) is 113 Å². The van der Waals surface area contributed by atoms with Gasteiger partial charge in [0.2, 0.25) is 24.5 Å². The molecule has 0 bridgehead atoms. The first-order valence-electron chi connectivity index (χ1n) is 2.08. The summed E-state index contributed by atoms with van der Waals surface area (Å²) in [6.45, 7) is 0. The second kappa shape index (κ2) is 3.71. The van der Waals surface area contributed by atoms with Crippen molar-refractivity contribution in [2.24, 2.45) is 10.7 Å². The maximum absolute atomic E-state index is 8.11. The molecule has 0 fully saturated rings. The summed E-state index contributed by atoms with van der Waals surface area (Å²) in [6.07, 6.45) is 4.14. The summed E-state index contributed by atoms with van der Waals surface area (Å²) in [6, 6.07) is 0. The molecular formula is C4H2N6. The van der Waals surface area contributed by atoms with Gasteiger partial charge >= 0.3 is 0 Å². The standard InChI is InChI=1S/C4H2N6/c5-1-9-4(8)10(2-6)3-7/h(H2,8,9). The van der Waals surface area contributed by atoms with Crippen LogP contribution in [-0.2, 0) is 0 Å². The molecule has 0 aromatic heterocycles. The van der Waals surface area contributed by atoms with Crippen molar-refractivity contribution in [2.75, 3.05) is 0 Å². The fourth-order valence-corrected chi connectivity index (χ4v) is 0.226. The van der Waals surface area contributed by atoms with Crippen LogP contribution in [-0.4, -0.2) is 10.9 Å².